The predicted molar refractivity (Wildman–Crippen MR) is 472 cm³/mol. The normalized spacial score (nSPS) is 21.4. The lowest BCUT2D eigenvalue weighted by molar-refractivity contribution is -0.375. The van der Waals surface area contributed by atoms with Gasteiger partial charge < -0.3 is 166 Å². The number of rotatable bonds is 72. The number of hydrogen-bond donors (Lipinski definition) is 21. The largest absolute Gasteiger partial charge is 0.480 e. The molecule has 60 heteroatoms. The number of allylic oxidation sites excluding steroid dienone is 2. The van der Waals surface area contributed by atoms with Crippen LogP contribution in [-0.4, -0.2) is 462 Å². The van der Waals surface area contributed by atoms with Crippen molar-refractivity contribution in [1.29, 1.82) is 0 Å². The van der Waals surface area contributed by atoms with E-state index in [0.29, 0.717) is 32.4 Å². The number of nitrogens with zero attached hydrogens (tertiary/aromatic N) is 4. The highest BCUT2D eigenvalue weighted by atomic mass is 31.2. The number of ketones is 6. The second kappa shape index (κ2) is 66.8. The van der Waals surface area contributed by atoms with E-state index in [0.717, 1.165) is 6.92 Å². The number of carbonyl (C=O) groups excluding carboxylic acids is 19. The zero-order valence-electron chi connectivity index (χ0n) is 78.8. The number of carbonyl (C=O) groups is 23. The molecule has 3 fully saturated rings. The number of phosphoric ester groups is 1. The van der Waals surface area contributed by atoms with Gasteiger partial charge in [0.1, 0.15) is 132 Å². The van der Waals surface area contributed by atoms with Crippen molar-refractivity contribution in [3.05, 3.63) is 24.3 Å². The number of nitrogens with one attached hydrogen (secondary N) is 7. The molecule has 0 aliphatic carbocycles. The lowest BCUT2D eigenvalue weighted by atomic mass is 9.95. The van der Waals surface area contributed by atoms with E-state index >= 15 is 0 Å². The summed E-state index contributed by atoms with van der Waals surface area (Å²) in [7, 11) is -4.88. The van der Waals surface area contributed by atoms with Crippen LogP contribution in [0, 0.1) is 0 Å². The van der Waals surface area contributed by atoms with Crippen molar-refractivity contribution in [2.75, 3.05) is 138 Å². The number of ether oxygens (including phenoxy) is 8. The molecule has 0 spiro atoms. The molecule has 810 valence electrons. The fourth-order valence-corrected chi connectivity index (χ4v) is 14.0. The maximum absolute atomic E-state index is 13.1. The molecule has 3 aliphatic heterocycles. The highest BCUT2D eigenvalue weighted by molar-refractivity contribution is 7.47. The standard InChI is InChI=1S/C84H126N11O48P/c1-4-6-8-13-71(124)135-44-53(138-72(125)14-9-7-5-2)45-137-144(132,133)136-26-24-86-58(107)28-60(109)88-30-48(101)18-22-66(115)95(40-70(122)123)36-62(111)90-32-50(103)16-20-64(113)93(38-68(118)119)34-52(105)12-10-11-51(104)33-92(37-67(116)117)63(112)19-15-49(102)31-89-61(110)35-94(39-69(120)121)65(114)21-17-47(100)29-87-59(108)27-57(106)85-23-25-134-82-73(91-46(3)99)76(128)80(56(43-98)141-82)142-84-79(131)81(75(127)55(42-97)140-84)143-83-78(130)77(129)74(126)54(41-96)139-83/h6-9,53-56,73-84,96-98,126-131H,4-5,10-45H2,1-3H3,(H,85,106)(H,86,107)(H,87,108)(H,88,109)(H,89,110)(H,90,111)(H,91,99)(H,116,117)(H,118,119)(H,120,121)(H,122,123)(H,132,133)/b8-6-,9-7-/t53?,54?,55?,56?,73?,74-,75-,76+,77-,78?,79?,80+,81-,82+,83-,84-/m0/s1. The Morgan fingerprint density at radius 2 is 0.757 bits per heavy atom. The molecular formula is C84H126N11O48P. The van der Waals surface area contributed by atoms with Crippen LogP contribution in [0.15, 0.2) is 24.3 Å². The summed E-state index contributed by atoms with van der Waals surface area (Å²) in [5, 5.41) is 148. The molecule has 0 saturated carbocycles. The van der Waals surface area contributed by atoms with Crippen LogP contribution in [0.2, 0.25) is 0 Å². The summed E-state index contributed by atoms with van der Waals surface area (Å²) in [6.45, 7) is -12.5. The minimum atomic E-state index is -4.88. The van der Waals surface area contributed by atoms with Crippen LogP contribution < -0.4 is 37.2 Å². The number of aliphatic carboxylic acids is 4. The van der Waals surface area contributed by atoms with Gasteiger partial charge in [-0.1, -0.05) is 38.2 Å². The molecule has 11 amide bonds. The second-order valence-corrected chi connectivity index (χ2v) is 33.8. The fourth-order valence-electron chi connectivity index (χ4n) is 13.2. The molecule has 0 aromatic heterocycles. The van der Waals surface area contributed by atoms with Crippen LogP contribution >= 0.6 is 7.82 Å². The molecular weight excluding hydrogens is 1960 g/mol. The van der Waals surface area contributed by atoms with Gasteiger partial charge in [0, 0.05) is 84.2 Å². The van der Waals surface area contributed by atoms with Crippen molar-refractivity contribution < 1.29 is 233 Å². The van der Waals surface area contributed by atoms with Crippen LogP contribution in [0.3, 0.4) is 0 Å². The van der Waals surface area contributed by atoms with Gasteiger partial charge in [0.05, 0.1) is 91.8 Å². The third-order valence-corrected chi connectivity index (χ3v) is 21.4. The lowest BCUT2D eigenvalue weighted by Gasteiger charge is -2.48. The van der Waals surface area contributed by atoms with Crippen molar-refractivity contribution in [2.24, 2.45) is 0 Å². The molecule has 3 saturated heterocycles. The maximum Gasteiger partial charge on any atom is 0.472 e. The van der Waals surface area contributed by atoms with Crippen molar-refractivity contribution in [1.82, 2.24) is 56.8 Å². The molecule has 0 radical (unpaired) electrons. The molecule has 8 unspecified atom stereocenters. The van der Waals surface area contributed by atoms with Crippen LogP contribution in [0.4, 0.5) is 0 Å². The van der Waals surface area contributed by atoms with E-state index in [4.69, 9.17) is 46.9 Å². The Balaban J connectivity index is 1.38. The summed E-state index contributed by atoms with van der Waals surface area (Å²) in [4.78, 5) is 301. The summed E-state index contributed by atoms with van der Waals surface area (Å²) in [6.07, 6.45) is -28.0. The first kappa shape index (κ1) is 126. The van der Waals surface area contributed by atoms with Gasteiger partial charge in [0.25, 0.3) is 0 Å². The molecule has 0 aromatic rings. The number of hydrogen-bond acceptors (Lipinski definition) is 43. The average molecular weight is 2090 g/mol. The van der Waals surface area contributed by atoms with Gasteiger partial charge in [-0.05, 0) is 19.3 Å². The van der Waals surface area contributed by atoms with E-state index in [-0.39, 0.29) is 19.3 Å². The number of aliphatic hydroxyl groups excluding tert-OH is 9. The highest BCUT2D eigenvalue weighted by Crippen LogP contribution is 2.43. The van der Waals surface area contributed by atoms with E-state index in [2.05, 4.69) is 37.2 Å². The van der Waals surface area contributed by atoms with Crippen LogP contribution in [0.5, 0.6) is 0 Å². The second-order valence-electron chi connectivity index (χ2n) is 32.3. The molecule has 0 bridgehead atoms. The molecule has 3 rings (SSSR count). The number of carboxylic acid groups (broad SMARTS) is 4. The molecule has 3 heterocycles. The molecule has 21 N–H and O–H groups in total. The molecule has 3 aliphatic rings. The first-order chi connectivity index (χ1) is 67.9. The lowest BCUT2D eigenvalue weighted by Crippen LogP contribution is -2.68. The summed E-state index contributed by atoms with van der Waals surface area (Å²) in [5.41, 5.74) is 0. The molecule has 59 nitrogen and oxygen atoms in total. The molecule has 144 heavy (non-hydrogen) atoms. The topological polar surface area (TPSA) is 882 Å². The van der Waals surface area contributed by atoms with Crippen LogP contribution in [0.1, 0.15) is 130 Å². The van der Waals surface area contributed by atoms with Gasteiger partial charge in [-0.2, -0.15) is 0 Å². The minimum Gasteiger partial charge on any atom is -0.480 e. The quantitative estimate of drug-likeness (QED) is 0.00884. The van der Waals surface area contributed by atoms with Gasteiger partial charge in [0.2, 0.25) is 65.0 Å². The number of aliphatic hydroxyl groups is 9. The van der Waals surface area contributed by atoms with Gasteiger partial charge in [-0.25, -0.2) is 4.57 Å². The summed E-state index contributed by atoms with van der Waals surface area (Å²) >= 11 is 0. The maximum atomic E-state index is 13.1. The Kier molecular flexibility index (Phi) is 58.6. The Labute approximate surface area is 820 Å². The van der Waals surface area contributed by atoms with Crippen LogP contribution in [0.25, 0.3) is 0 Å². The Hall–Kier alpha value is -12.0. The minimum absolute atomic E-state index is 0.0954. The predicted octanol–water partition coefficient (Wildman–Crippen LogP) is -11.3. The van der Waals surface area contributed by atoms with Gasteiger partial charge in [0.15, 0.2) is 59.7 Å². The molecule has 17 atom stereocenters. The number of esters is 2. The monoisotopic (exact) mass is 2090 g/mol. The van der Waals surface area contributed by atoms with Crippen molar-refractivity contribution in [3.63, 3.8) is 0 Å². The average Bonchev–Trinajstić information content (AvgIpc) is 0.794. The van der Waals surface area contributed by atoms with E-state index in [1.54, 1.807) is 18.2 Å². The first-order valence-corrected chi connectivity index (χ1v) is 46.5. The van der Waals surface area contributed by atoms with Gasteiger partial charge in [-0.3, -0.25) is 119 Å². The third-order valence-electron chi connectivity index (χ3n) is 20.5. The van der Waals surface area contributed by atoms with Crippen molar-refractivity contribution in [2.45, 2.75) is 228 Å². The summed E-state index contributed by atoms with van der Waals surface area (Å²) in [6, 6.07) is -1.56. The van der Waals surface area contributed by atoms with Crippen LogP contribution in [-0.2, 0) is 162 Å². The molecule has 0 aromatic carbocycles. The Bertz CT molecular complexity index is 4500. The third kappa shape index (κ3) is 50.0. The van der Waals surface area contributed by atoms with Gasteiger partial charge >= 0.3 is 43.6 Å². The SMILES string of the molecule is CC/C=C\CC(=O)OCC(COP(=O)(O)OCCNC(=O)CC(=O)NCC(=O)CCC(=O)N(CC(=O)O)CC(=O)NCC(=O)CCC(=O)N(CC(=O)O)CC(=O)CCCC(=O)CN(CC(=O)O)C(=O)CCC(=O)CNC(=O)CN(CC(=O)O)C(=O)CCC(=O)CNC(=O)CC(=O)NCCO[C@@H]1OC(CO)[C@@H](O[C@@H]2OC(CO)[C@H](O)[C@H](O[C@@H]3OC(CO)[C@H](O)[C@H](O)C3O)C2O)[C@H](O)C1NC(C)=O)OC(=O)C/C=C\CC. The smallest absolute Gasteiger partial charge is 0.472 e. The number of carboxylic acids is 4. The number of amides is 11. The van der Waals surface area contributed by atoms with Gasteiger partial charge in [-0.15, -0.1) is 0 Å². The summed E-state index contributed by atoms with van der Waals surface area (Å²) < 4.78 is 66.2. The van der Waals surface area contributed by atoms with Crippen molar-refractivity contribution >= 4 is 143 Å². The van der Waals surface area contributed by atoms with Crippen molar-refractivity contribution in [3.8, 4) is 0 Å². The fraction of sp³-hybridized carbons (Fsp3) is 0.679. The van der Waals surface area contributed by atoms with E-state index in [1.807, 2.05) is 13.8 Å². The first-order valence-electron chi connectivity index (χ1n) is 45.0. The number of Topliss-reactive ketones (excluding diaryl/α,β-unsaturated/α-hetero) is 6. The summed E-state index contributed by atoms with van der Waals surface area (Å²) in [5.74, 6) is -24.1. The zero-order chi connectivity index (χ0) is 108. The van der Waals surface area contributed by atoms with E-state index < -0.39 is 456 Å². The Morgan fingerprint density at radius 3 is 1.17 bits per heavy atom. The zero-order valence-corrected chi connectivity index (χ0v) is 79.7. The number of phosphoric acid groups is 1. The highest BCUT2D eigenvalue weighted by Gasteiger charge is 2.55. The van der Waals surface area contributed by atoms with E-state index in [1.165, 1.54) is 6.08 Å². The van der Waals surface area contributed by atoms with E-state index in [9.17, 15) is 186 Å². The Morgan fingerprint density at radius 1 is 0.382 bits per heavy atom.